The summed E-state index contributed by atoms with van der Waals surface area (Å²) in [4.78, 5) is 24.4. The summed E-state index contributed by atoms with van der Waals surface area (Å²) in [5, 5.41) is 2.43. The van der Waals surface area contributed by atoms with Crippen molar-refractivity contribution in [1.82, 2.24) is 4.57 Å². The molecule has 0 saturated carbocycles. The predicted octanol–water partition coefficient (Wildman–Crippen LogP) is 4.05. The molecule has 0 radical (unpaired) electrons. The van der Waals surface area contributed by atoms with Crippen molar-refractivity contribution in [1.29, 1.82) is 0 Å². The van der Waals surface area contributed by atoms with Crippen LogP contribution < -0.4 is 25.0 Å². The summed E-state index contributed by atoms with van der Waals surface area (Å²) in [7, 11) is 1.59. The number of nitrogens with zero attached hydrogens (tertiary/aromatic N) is 1. The molecule has 1 heterocycles. The fourth-order valence-electron chi connectivity index (χ4n) is 2.91. The van der Waals surface area contributed by atoms with Crippen LogP contribution in [0.15, 0.2) is 59.5 Å². The highest BCUT2D eigenvalue weighted by atomic mass is 35.5. The molecule has 32 heavy (non-hydrogen) atoms. The second-order valence-electron chi connectivity index (χ2n) is 6.78. The molecular formula is C23H22ClFN2O5. The molecule has 1 aromatic heterocycles. The standard InChI is InChI=1S/C23H22ClFN2O5/c1-15-23(32-14-22(29)26-16-3-8-20(25)19(24)13-16)21(28)9-10-27(15)11-12-31-18-6-4-17(30-2)5-7-18/h3-10,13H,11-12,14H2,1-2H3,(H,26,29). The molecule has 0 saturated heterocycles. The SMILES string of the molecule is COc1ccc(OCCn2ccc(=O)c(OCC(=O)Nc3ccc(F)c(Cl)c3)c2C)cc1. The number of pyridine rings is 1. The maximum absolute atomic E-state index is 13.2. The summed E-state index contributed by atoms with van der Waals surface area (Å²) in [5.41, 5.74) is 0.545. The first-order valence-corrected chi connectivity index (χ1v) is 10.1. The Morgan fingerprint density at radius 2 is 1.81 bits per heavy atom. The van der Waals surface area contributed by atoms with E-state index in [1.165, 1.54) is 18.2 Å². The number of halogens is 2. The van der Waals surface area contributed by atoms with Gasteiger partial charge in [0.05, 0.1) is 24.4 Å². The smallest absolute Gasteiger partial charge is 0.262 e. The van der Waals surface area contributed by atoms with Gasteiger partial charge in [-0.1, -0.05) is 11.6 Å². The van der Waals surface area contributed by atoms with Gasteiger partial charge in [0.25, 0.3) is 5.91 Å². The van der Waals surface area contributed by atoms with Crippen LogP contribution in [0.1, 0.15) is 5.69 Å². The van der Waals surface area contributed by atoms with Crippen LogP contribution in [0, 0.1) is 12.7 Å². The molecular weight excluding hydrogens is 439 g/mol. The second-order valence-corrected chi connectivity index (χ2v) is 7.18. The predicted molar refractivity (Wildman–Crippen MR) is 119 cm³/mol. The van der Waals surface area contributed by atoms with Crippen LogP contribution in [0.4, 0.5) is 10.1 Å². The van der Waals surface area contributed by atoms with Crippen molar-refractivity contribution < 1.29 is 23.4 Å². The topological polar surface area (TPSA) is 78.8 Å². The van der Waals surface area contributed by atoms with Gasteiger partial charge in [-0.05, 0) is 49.4 Å². The number of hydrogen-bond donors (Lipinski definition) is 1. The number of carbonyl (C=O) groups is 1. The Morgan fingerprint density at radius 1 is 1.09 bits per heavy atom. The van der Waals surface area contributed by atoms with Gasteiger partial charge in [0.1, 0.15) is 23.9 Å². The van der Waals surface area contributed by atoms with Gasteiger partial charge in [-0.3, -0.25) is 9.59 Å². The summed E-state index contributed by atoms with van der Waals surface area (Å²) in [5.74, 6) is 0.409. The number of ether oxygens (including phenoxy) is 3. The van der Waals surface area contributed by atoms with E-state index in [1.807, 2.05) is 0 Å². The normalized spacial score (nSPS) is 10.5. The largest absolute Gasteiger partial charge is 0.497 e. The van der Waals surface area contributed by atoms with Gasteiger partial charge < -0.3 is 24.1 Å². The first-order valence-electron chi connectivity index (χ1n) is 9.72. The highest BCUT2D eigenvalue weighted by Gasteiger charge is 2.12. The quantitative estimate of drug-likeness (QED) is 0.521. The van der Waals surface area contributed by atoms with Crippen LogP contribution in [0.3, 0.4) is 0 Å². The number of rotatable bonds is 9. The van der Waals surface area contributed by atoms with Gasteiger partial charge in [-0.15, -0.1) is 0 Å². The molecule has 168 valence electrons. The van der Waals surface area contributed by atoms with Gasteiger partial charge >= 0.3 is 0 Å². The van der Waals surface area contributed by atoms with Crippen LogP contribution in [0.25, 0.3) is 0 Å². The lowest BCUT2D eigenvalue weighted by Crippen LogP contribution is -2.24. The van der Waals surface area contributed by atoms with E-state index in [-0.39, 0.29) is 16.2 Å². The van der Waals surface area contributed by atoms with Crippen LogP contribution in [0.2, 0.25) is 5.02 Å². The molecule has 0 atom stereocenters. The molecule has 0 aliphatic carbocycles. The maximum Gasteiger partial charge on any atom is 0.262 e. The van der Waals surface area contributed by atoms with Crippen molar-refractivity contribution in [2.75, 3.05) is 25.6 Å². The molecule has 2 aromatic carbocycles. The average Bonchev–Trinajstić information content (AvgIpc) is 2.78. The molecule has 7 nitrogen and oxygen atoms in total. The first-order chi connectivity index (χ1) is 15.4. The Morgan fingerprint density at radius 3 is 2.50 bits per heavy atom. The summed E-state index contributed by atoms with van der Waals surface area (Å²) in [6.45, 7) is 2.16. The molecule has 1 N–H and O–H groups in total. The fraction of sp³-hybridized carbons (Fsp3) is 0.217. The van der Waals surface area contributed by atoms with E-state index in [0.29, 0.717) is 30.3 Å². The van der Waals surface area contributed by atoms with Crippen molar-refractivity contribution in [3.8, 4) is 17.2 Å². The molecule has 1 amide bonds. The third-order valence-electron chi connectivity index (χ3n) is 4.60. The van der Waals surface area contributed by atoms with Crippen LogP contribution in [0.5, 0.6) is 17.2 Å². The number of nitrogens with one attached hydrogen (secondary N) is 1. The van der Waals surface area contributed by atoms with E-state index in [4.69, 9.17) is 25.8 Å². The zero-order valence-electron chi connectivity index (χ0n) is 17.6. The molecule has 3 rings (SSSR count). The lowest BCUT2D eigenvalue weighted by Gasteiger charge is -2.15. The minimum atomic E-state index is -0.586. The van der Waals surface area contributed by atoms with Crippen molar-refractivity contribution in [3.63, 3.8) is 0 Å². The van der Waals surface area contributed by atoms with Gasteiger partial charge in [-0.25, -0.2) is 4.39 Å². The van der Waals surface area contributed by atoms with Crippen LogP contribution >= 0.6 is 11.6 Å². The molecule has 0 fully saturated rings. The Bertz CT molecular complexity index is 1150. The van der Waals surface area contributed by atoms with Crippen molar-refractivity contribution >= 4 is 23.2 Å². The average molecular weight is 461 g/mol. The third-order valence-corrected chi connectivity index (χ3v) is 4.89. The molecule has 0 spiro atoms. The van der Waals surface area contributed by atoms with Gasteiger partial charge in [-0.2, -0.15) is 0 Å². The summed E-state index contributed by atoms with van der Waals surface area (Å²) >= 11 is 5.71. The number of hydrogen-bond acceptors (Lipinski definition) is 5. The molecule has 3 aromatic rings. The molecule has 0 unspecified atom stereocenters. The van der Waals surface area contributed by atoms with E-state index in [9.17, 15) is 14.0 Å². The summed E-state index contributed by atoms with van der Waals surface area (Å²) in [6, 6.07) is 12.4. The maximum atomic E-state index is 13.2. The number of anilines is 1. The monoisotopic (exact) mass is 460 g/mol. The van der Waals surface area contributed by atoms with Crippen molar-refractivity contribution in [3.05, 3.63) is 81.5 Å². The second kappa shape index (κ2) is 10.7. The number of benzene rings is 2. The van der Waals surface area contributed by atoms with E-state index in [0.717, 1.165) is 11.8 Å². The highest BCUT2D eigenvalue weighted by Crippen LogP contribution is 2.20. The number of amides is 1. The minimum Gasteiger partial charge on any atom is -0.497 e. The molecule has 0 aliphatic rings. The van der Waals surface area contributed by atoms with Crippen LogP contribution in [-0.4, -0.2) is 30.8 Å². The first kappa shape index (κ1) is 23.1. The molecule has 0 aliphatic heterocycles. The zero-order valence-corrected chi connectivity index (χ0v) is 18.3. The zero-order chi connectivity index (χ0) is 23.1. The Balaban J connectivity index is 1.58. The van der Waals surface area contributed by atoms with E-state index < -0.39 is 18.3 Å². The molecule has 0 bridgehead atoms. The van der Waals surface area contributed by atoms with E-state index >= 15 is 0 Å². The van der Waals surface area contributed by atoms with Crippen molar-refractivity contribution in [2.45, 2.75) is 13.5 Å². The van der Waals surface area contributed by atoms with Crippen LogP contribution in [-0.2, 0) is 11.3 Å². The number of aromatic nitrogens is 1. The Kier molecular flexibility index (Phi) is 7.72. The van der Waals surface area contributed by atoms with Gasteiger partial charge in [0.2, 0.25) is 5.43 Å². The third kappa shape index (κ3) is 6.01. The fourth-order valence-corrected chi connectivity index (χ4v) is 3.09. The van der Waals surface area contributed by atoms with Crippen molar-refractivity contribution in [2.24, 2.45) is 0 Å². The summed E-state index contributed by atoms with van der Waals surface area (Å²) < 4.78 is 31.3. The number of carbonyl (C=O) groups excluding carboxylic acids is 1. The van der Waals surface area contributed by atoms with Gasteiger partial charge in [0.15, 0.2) is 12.4 Å². The summed E-state index contributed by atoms with van der Waals surface area (Å²) in [6.07, 6.45) is 1.64. The molecule has 9 heteroatoms. The Hall–Kier alpha value is -3.52. The Labute approximate surface area is 189 Å². The lowest BCUT2D eigenvalue weighted by atomic mass is 10.3. The highest BCUT2D eigenvalue weighted by molar-refractivity contribution is 6.31. The van der Waals surface area contributed by atoms with E-state index in [1.54, 1.807) is 49.1 Å². The minimum absolute atomic E-state index is 0.0734. The number of methoxy groups -OCH3 is 1. The van der Waals surface area contributed by atoms with E-state index in [2.05, 4.69) is 5.32 Å². The van der Waals surface area contributed by atoms with Gasteiger partial charge in [0, 0.05) is 18.0 Å². The lowest BCUT2D eigenvalue weighted by molar-refractivity contribution is -0.118.